The molecule has 1 rings (SSSR count). The van der Waals surface area contributed by atoms with Crippen molar-refractivity contribution in [3.05, 3.63) is 38.9 Å². The van der Waals surface area contributed by atoms with Crippen LogP contribution >= 0.6 is 11.6 Å². The second kappa shape index (κ2) is 5.61. The number of aryl methyl sites for hydroxylation is 1. The number of hydrogen-bond donors (Lipinski definition) is 0. The Hall–Kier alpha value is -1.42. The lowest BCUT2D eigenvalue weighted by Crippen LogP contribution is -1.98. The van der Waals surface area contributed by atoms with E-state index in [0.29, 0.717) is 24.3 Å². The maximum absolute atomic E-state index is 11.1. The normalized spacial score (nSPS) is 10.1. The van der Waals surface area contributed by atoms with Crippen LogP contribution < -0.4 is 0 Å². The van der Waals surface area contributed by atoms with E-state index >= 15 is 0 Å². The Balaban J connectivity index is 2.75. The fraction of sp³-hybridized carbons (Fsp3) is 0.364. The van der Waals surface area contributed by atoms with Gasteiger partial charge >= 0.3 is 0 Å². The number of halogens is 1. The molecule has 0 saturated carbocycles. The first-order chi connectivity index (χ1) is 7.54. The summed E-state index contributed by atoms with van der Waals surface area (Å²) >= 11 is 5.88. The molecular weight excluding hydrogens is 230 g/mol. The largest absolute Gasteiger partial charge is 0.300 e. The van der Waals surface area contributed by atoms with E-state index in [1.165, 1.54) is 12.1 Å². The van der Waals surface area contributed by atoms with Crippen LogP contribution in [0.5, 0.6) is 0 Å². The third kappa shape index (κ3) is 3.31. The number of Topliss-reactive ketones (excluding diaryl/α,β-unsaturated/α-hetero) is 1. The number of rotatable bonds is 5. The first-order valence-corrected chi connectivity index (χ1v) is 5.37. The van der Waals surface area contributed by atoms with Crippen molar-refractivity contribution in [3.8, 4) is 0 Å². The number of ketones is 1. The minimum Gasteiger partial charge on any atom is -0.300 e. The van der Waals surface area contributed by atoms with Crippen molar-refractivity contribution in [1.82, 2.24) is 0 Å². The van der Waals surface area contributed by atoms with Crippen LogP contribution in [0.1, 0.15) is 25.3 Å². The number of nitrogens with zero attached hydrogens (tertiary/aromatic N) is 1. The fourth-order valence-corrected chi connectivity index (χ4v) is 1.57. The zero-order valence-electron chi connectivity index (χ0n) is 8.90. The molecule has 1 aromatic carbocycles. The van der Waals surface area contributed by atoms with Crippen LogP contribution in [0.15, 0.2) is 18.2 Å². The highest BCUT2D eigenvalue weighted by atomic mass is 35.5. The lowest BCUT2D eigenvalue weighted by molar-refractivity contribution is -0.384. The number of benzene rings is 1. The summed E-state index contributed by atoms with van der Waals surface area (Å²) in [5, 5.41) is 10.8. The van der Waals surface area contributed by atoms with Crippen LogP contribution in [0.2, 0.25) is 5.02 Å². The minimum absolute atomic E-state index is 0.0319. The van der Waals surface area contributed by atoms with Crippen molar-refractivity contribution >= 4 is 23.1 Å². The summed E-state index contributed by atoms with van der Waals surface area (Å²) in [5.74, 6) is 0.161. The van der Waals surface area contributed by atoms with E-state index in [9.17, 15) is 14.9 Å². The van der Waals surface area contributed by atoms with Gasteiger partial charge in [0.25, 0.3) is 5.69 Å². The Labute approximate surface area is 98.4 Å². The van der Waals surface area contributed by atoms with Crippen LogP contribution in [-0.2, 0) is 11.2 Å². The molecule has 5 heteroatoms. The highest BCUT2D eigenvalue weighted by Gasteiger charge is 2.10. The van der Waals surface area contributed by atoms with Gasteiger partial charge in [0.2, 0.25) is 0 Å². The van der Waals surface area contributed by atoms with Crippen molar-refractivity contribution in [2.45, 2.75) is 26.2 Å². The van der Waals surface area contributed by atoms with Gasteiger partial charge in [-0.2, -0.15) is 0 Å². The van der Waals surface area contributed by atoms with Crippen molar-refractivity contribution in [1.29, 1.82) is 0 Å². The summed E-state index contributed by atoms with van der Waals surface area (Å²) in [5.41, 5.74) is 0.740. The molecule has 0 amide bonds. The predicted molar refractivity (Wildman–Crippen MR) is 61.7 cm³/mol. The zero-order chi connectivity index (χ0) is 12.1. The zero-order valence-corrected chi connectivity index (χ0v) is 9.66. The van der Waals surface area contributed by atoms with Gasteiger partial charge in [-0.25, -0.2) is 0 Å². The standard InChI is InChI=1S/C11H12ClNO3/c1-2-10(14)6-4-8-3-5-9(13(15)16)7-11(8)12/h3,5,7H,2,4,6H2,1H3. The molecule has 0 bridgehead atoms. The smallest absolute Gasteiger partial charge is 0.270 e. The van der Waals surface area contributed by atoms with E-state index in [1.54, 1.807) is 13.0 Å². The summed E-state index contributed by atoms with van der Waals surface area (Å²) in [6, 6.07) is 4.31. The lowest BCUT2D eigenvalue weighted by atomic mass is 10.1. The number of hydrogen-bond acceptors (Lipinski definition) is 3. The monoisotopic (exact) mass is 241 g/mol. The Kier molecular flexibility index (Phi) is 4.43. The fourth-order valence-electron chi connectivity index (χ4n) is 1.30. The van der Waals surface area contributed by atoms with Crippen LogP contribution in [0.25, 0.3) is 0 Å². The summed E-state index contributed by atoms with van der Waals surface area (Å²) in [4.78, 5) is 21.1. The minimum atomic E-state index is -0.493. The average Bonchev–Trinajstić information content (AvgIpc) is 2.26. The van der Waals surface area contributed by atoms with Gasteiger partial charge in [-0.15, -0.1) is 0 Å². The Morgan fingerprint density at radius 2 is 2.19 bits per heavy atom. The number of carbonyl (C=O) groups is 1. The van der Waals surface area contributed by atoms with E-state index in [4.69, 9.17) is 11.6 Å². The van der Waals surface area contributed by atoms with Crippen LogP contribution in [0.4, 0.5) is 5.69 Å². The number of non-ortho nitro benzene ring substituents is 1. The molecule has 0 fully saturated rings. The molecule has 0 heterocycles. The molecule has 0 atom stereocenters. The molecule has 0 aliphatic carbocycles. The molecule has 0 unspecified atom stereocenters. The third-order valence-corrected chi connectivity index (χ3v) is 2.67. The third-order valence-electron chi connectivity index (χ3n) is 2.31. The molecule has 1 aromatic rings. The molecule has 4 nitrogen and oxygen atoms in total. The summed E-state index contributed by atoms with van der Waals surface area (Å²) in [7, 11) is 0. The molecule has 0 radical (unpaired) electrons. The van der Waals surface area contributed by atoms with E-state index in [1.807, 2.05) is 0 Å². The molecule has 16 heavy (non-hydrogen) atoms. The topological polar surface area (TPSA) is 60.2 Å². The molecule has 0 aliphatic heterocycles. The van der Waals surface area contributed by atoms with E-state index < -0.39 is 4.92 Å². The molecule has 86 valence electrons. The molecular formula is C11H12ClNO3. The molecule has 0 aromatic heterocycles. The van der Waals surface area contributed by atoms with E-state index in [2.05, 4.69) is 0 Å². The number of nitro benzene ring substituents is 1. The van der Waals surface area contributed by atoms with Crippen molar-refractivity contribution in [3.63, 3.8) is 0 Å². The number of carbonyl (C=O) groups excluding carboxylic acids is 1. The van der Waals surface area contributed by atoms with Gasteiger partial charge in [0.05, 0.1) is 9.95 Å². The highest BCUT2D eigenvalue weighted by molar-refractivity contribution is 6.31. The highest BCUT2D eigenvalue weighted by Crippen LogP contribution is 2.23. The maximum atomic E-state index is 11.1. The van der Waals surface area contributed by atoms with Gasteiger partial charge < -0.3 is 0 Å². The second-order valence-electron chi connectivity index (χ2n) is 3.43. The number of nitro groups is 1. The van der Waals surface area contributed by atoms with Gasteiger partial charge in [-0.3, -0.25) is 14.9 Å². The van der Waals surface area contributed by atoms with Gasteiger partial charge in [-0.05, 0) is 12.0 Å². The quantitative estimate of drug-likeness (QED) is 0.588. The van der Waals surface area contributed by atoms with Crippen LogP contribution in [0, 0.1) is 10.1 Å². The Bertz CT molecular complexity index is 418. The average molecular weight is 242 g/mol. The Morgan fingerprint density at radius 1 is 1.50 bits per heavy atom. The molecule has 0 saturated heterocycles. The van der Waals surface area contributed by atoms with E-state index in [-0.39, 0.29) is 11.5 Å². The van der Waals surface area contributed by atoms with Crippen molar-refractivity contribution < 1.29 is 9.72 Å². The van der Waals surface area contributed by atoms with Crippen LogP contribution in [0.3, 0.4) is 0 Å². The van der Waals surface area contributed by atoms with Gasteiger partial charge in [-0.1, -0.05) is 24.6 Å². The summed E-state index contributed by atoms with van der Waals surface area (Å²) in [6.07, 6.45) is 1.46. The first-order valence-electron chi connectivity index (χ1n) is 4.99. The van der Waals surface area contributed by atoms with Crippen molar-refractivity contribution in [2.24, 2.45) is 0 Å². The second-order valence-corrected chi connectivity index (χ2v) is 3.83. The molecule has 0 N–H and O–H groups in total. The molecule has 0 aliphatic rings. The van der Waals surface area contributed by atoms with Gasteiger partial charge in [0.15, 0.2) is 0 Å². The van der Waals surface area contributed by atoms with Crippen LogP contribution in [-0.4, -0.2) is 10.7 Å². The first kappa shape index (κ1) is 12.6. The Morgan fingerprint density at radius 3 is 2.69 bits per heavy atom. The summed E-state index contributed by atoms with van der Waals surface area (Å²) < 4.78 is 0. The SMILES string of the molecule is CCC(=O)CCc1ccc([N+](=O)[O-])cc1Cl. The summed E-state index contributed by atoms with van der Waals surface area (Å²) in [6.45, 7) is 1.81. The van der Waals surface area contributed by atoms with E-state index in [0.717, 1.165) is 5.56 Å². The van der Waals surface area contributed by atoms with Crippen molar-refractivity contribution in [2.75, 3.05) is 0 Å². The van der Waals surface area contributed by atoms with Gasteiger partial charge in [0.1, 0.15) is 5.78 Å². The predicted octanol–water partition coefficient (Wildman–Crippen LogP) is 3.16. The molecule has 0 spiro atoms. The lowest BCUT2D eigenvalue weighted by Gasteiger charge is -2.02. The van der Waals surface area contributed by atoms with Gasteiger partial charge in [0, 0.05) is 25.0 Å². The maximum Gasteiger partial charge on any atom is 0.270 e.